The Labute approximate surface area is 199 Å². The van der Waals surface area contributed by atoms with E-state index in [4.69, 9.17) is 19.8 Å². The summed E-state index contributed by atoms with van der Waals surface area (Å²) in [5.74, 6) is -0.0939. The minimum Gasteiger partial charge on any atom is -0.480 e. The minimum atomic E-state index is -1.06. The highest BCUT2D eigenvalue weighted by Crippen LogP contribution is 2.38. The van der Waals surface area contributed by atoms with E-state index in [0.29, 0.717) is 24.7 Å². The summed E-state index contributed by atoms with van der Waals surface area (Å²) in [4.78, 5) is 15.7. The Morgan fingerprint density at radius 2 is 2.00 bits per heavy atom. The average molecular weight is 468 g/mol. The molecule has 3 aromatic rings. The monoisotopic (exact) mass is 467 g/mol. The molecule has 1 aromatic carbocycles. The van der Waals surface area contributed by atoms with Gasteiger partial charge in [-0.15, -0.1) is 0 Å². The topological polar surface area (TPSA) is 126 Å². The molecule has 34 heavy (non-hydrogen) atoms. The van der Waals surface area contributed by atoms with Crippen LogP contribution in [0.25, 0.3) is 23.0 Å². The van der Waals surface area contributed by atoms with Gasteiger partial charge in [0, 0.05) is 30.4 Å². The summed E-state index contributed by atoms with van der Waals surface area (Å²) < 4.78 is 7.59. The number of nitrogens with one attached hydrogen (secondary N) is 1. The molecule has 182 valence electrons. The third-order valence-corrected chi connectivity index (χ3v) is 6.80. The number of aliphatic carboxylic acids is 1. The van der Waals surface area contributed by atoms with E-state index in [9.17, 15) is 4.79 Å². The predicted molar refractivity (Wildman–Crippen MR) is 127 cm³/mol. The van der Waals surface area contributed by atoms with Crippen LogP contribution < -0.4 is 5.32 Å². The molecule has 2 aromatic heterocycles. The van der Waals surface area contributed by atoms with Gasteiger partial charge in [0.2, 0.25) is 5.82 Å². The fourth-order valence-corrected chi connectivity index (χ4v) is 4.82. The fraction of sp³-hybridized carbons (Fsp3) is 0.520. The van der Waals surface area contributed by atoms with Crippen molar-refractivity contribution in [2.45, 2.75) is 59.4 Å². The van der Waals surface area contributed by atoms with Gasteiger partial charge in [-0.1, -0.05) is 19.0 Å². The summed E-state index contributed by atoms with van der Waals surface area (Å²) in [5, 5.41) is 30.0. The molecule has 1 aliphatic carbocycles. The number of aliphatic hydroxyl groups excluding tert-OH is 1. The Balaban J connectivity index is 1.54. The van der Waals surface area contributed by atoms with E-state index in [-0.39, 0.29) is 5.41 Å². The maximum absolute atomic E-state index is 11.1. The Bertz CT molecular complexity index is 1190. The van der Waals surface area contributed by atoms with E-state index in [1.54, 1.807) is 0 Å². The van der Waals surface area contributed by atoms with Crippen molar-refractivity contribution < 1.29 is 19.5 Å². The zero-order valence-corrected chi connectivity index (χ0v) is 20.5. The number of aromatic nitrogens is 4. The molecule has 0 saturated carbocycles. The predicted octanol–water partition coefficient (Wildman–Crippen LogP) is 2.85. The third-order valence-electron chi connectivity index (χ3n) is 6.80. The second-order valence-electron chi connectivity index (χ2n) is 10.0. The molecule has 9 nitrogen and oxygen atoms in total. The van der Waals surface area contributed by atoms with Gasteiger partial charge >= 0.3 is 5.97 Å². The molecule has 3 N–H and O–H groups in total. The van der Waals surface area contributed by atoms with Gasteiger partial charge in [-0.2, -0.15) is 10.1 Å². The number of aryl methyl sites for hydroxylation is 3. The van der Waals surface area contributed by atoms with Crippen molar-refractivity contribution in [3.8, 4) is 23.0 Å². The molecule has 0 bridgehead atoms. The third kappa shape index (κ3) is 4.76. The number of carbonyl (C=O) groups is 1. The van der Waals surface area contributed by atoms with Crippen LogP contribution in [0.3, 0.4) is 0 Å². The Hall–Kier alpha value is -3.04. The van der Waals surface area contributed by atoms with E-state index >= 15 is 0 Å². The molecule has 2 heterocycles. The number of hydrogen-bond acceptors (Lipinski definition) is 7. The first-order valence-corrected chi connectivity index (χ1v) is 11.7. The number of fused-ring (bicyclic) bond motifs is 1. The van der Waals surface area contributed by atoms with Crippen molar-refractivity contribution in [2.75, 3.05) is 13.2 Å². The molecular weight excluding hydrogens is 434 g/mol. The number of nitrogens with zero attached hydrogens (tertiary/aromatic N) is 4. The van der Waals surface area contributed by atoms with Crippen LogP contribution in [0.5, 0.6) is 0 Å². The van der Waals surface area contributed by atoms with Crippen molar-refractivity contribution >= 4 is 5.97 Å². The van der Waals surface area contributed by atoms with Crippen molar-refractivity contribution in [3.63, 3.8) is 0 Å². The first-order valence-electron chi connectivity index (χ1n) is 11.7. The molecule has 0 amide bonds. The van der Waals surface area contributed by atoms with Crippen LogP contribution in [-0.4, -0.2) is 55.3 Å². The molecular formula is C25H33N5O4. The molecule has 0 fully saturated rings. The number of hydrogen-bond donors (Lipinski definition) is 3. The lowest BCUT2D eigenvalue weighted by Gasteiger charge is -2.29. The lowest BCUT2D eigenvalue weighted by Crippen LogP contribution is -2.40. The smallest absolute Gasteiger partial charge is 0.323 e. The number of carboxylic acids is 1. The lowest BCUT2D eigenvalue weighted by molar-refractivity contribution is -0.140. The molecule has 1 atom stereocenters. The summed E-state index contributed by atoms with van der Waals surface area (Å²) in [6.45, 7) is 8.62. The van der Waals surface area contributed by atoms with E-state index in [1.165, 1.54) is 11.3 Å². The average Bonchev–Trinajstić information content (AvgIpc) is 3.37. The molecule has 0 aliphatic heterocycles. The minimum absolute atomic E-state index is 0.261. The lowest BCUT2D eigenvalue weighted by atomic mass is 9.76. The maximum Gasteiger partial charge on any atom is 0.323 e. The van der Waals surface area contributed by atoms with E-state index in [1.807, 2.05) is 37.7 Å². The Morgan fingerprint density at radius 3 is 2.65 bits per heavy atom. The summed E-state index contributed by atoms with van der Waals surface area (Å²) in [6.07, 6.45) is 3.67. The van der Waals surface area contributed by atoms with Gasteiger partial charge in [0.1, 0.15) is 6.04 Å². The SMILES string of the molecule is Cc1cc(-c2noc(-c3nn(C)c4c3CCC(C)(C)C4)n2)cc(C)c1CCN[C@@H](CO)C(=O)O. The van der Waals surface area contributed by atoms with Crippen molar-refractivity contribution in [3.05, 3.63) is 40.1 Å². The van der Waals surface area contributed by atoms with Crippen molar-refractivity contribution in [1.82, 2.24) is 25.2 Å². The molecule has 0 spiro atoms. The molecule has 9 heteroatoms. The number of benzene rings is 1. The number of rotatable bonds is 8. The van der Waals surface area contributed by atoms with Crippen LogP contribution in [0.1, 0.15) is 48.2 Å². The molecule has 4 rings (SSSR count). The Morgan fingerprint density at radius 1 is 1.29 bits per heavy atom. The highest BCUT2D eigenvalue weighted by atomic mass is 16.5. The Kier molecular flexibility index (Phi) is 6.60. The van der Waals surface area contributed by atoms with Crippen molar-refractivity contribution in [1.29, 1.82) is 0 Å². The van der Waals surface area contributed by atoms with Gasteiger partial charge in [-0.3, -0.25) is 9.48 Å². The van der Waals surface area contributed by atoms with Crippen LogP contribution in [0.15, 0.2) is 16.7 Å². The molecule has 1 aliphatic rings. The van der Waals surface area contributed by atoms with Gasteiger partial charge in [0.05, 0.1) is 6.61 Å². The van der Waals surface area contributed by atoms with Crippen LogP contribution in [0.4, 0.5) is 0 Å². The zero-order chi connectivity index (χ0) is 24.6. The first-order chi connectivity index (χ1) is 16.1. The van der Waals surface area contributed by atoms with E-state index < -0.39 is 18.6 Å². The molecule has 0 radical (unpaired) electrons. The summed E-state index contributed by atoms with van der Waals surface area (Å²) in [7, 11) is 1.97. The largest absolute Gasteiger partial charge is 0.480 e. The van der Waals surface area contributed by atoms with Crippen LogP contribution >= 0.6 is 0 Å². The highest BCUT2D eigenvalue weighted by molar-refractivity contribution is 5.73. The first kappa shape index (κ1) is 24.1. The fourth-order valence-electron chi connectivity index (χ4n) is 4.82. The second-order valence-corrected chi connectivity index (χ2v) is 10.0. The van der Waals surface area contributed by atoms with Crippen molar-refractivity contribution in [2.24, 2.45) is 12.5 Å². The quantitative estimate of drug-likeness (QED) is 0.462. The van der Waals surface area contributed by atoms with Gasteiger partial charge in [-0.05, 0) is 73.8 Å². The zero-order valence-electron chi connectivity index (χ0n) is 20.5. The van der Waals surface area contributed by atoms with Gasteiger partial charge < -0.3 is 20.1 Å². The molecule has 0 saturated heterocycles. The van der Waals surface area contributed by atoms with Gasteiger partial charge in [0.15, 0.2) is 5.69 Å². The van der Waals surface area contributed by atoms with E-state index in [2.05, 4.69) is 29.3 Å². The summed E-state index contributed by atoms with van der Waals surface area (Å²) in [6, 6.07) is 3.09. The standard InChI is InChI=1S/C25H33N5O4/c1-14-10-16(11-15(2)17(14)7-9-26-19(13-31)24(32)33)22-27-23(34-29-22)21-18-6-8-25(3,4)12-20(18)30(5)28-21/h10-11,19,26,31H,6-9,12-13H2,1-5H3,(H,32,33)/t19-/m0/s1. The van der Waals surface area contributed by atoms with Crippen LogP contribution in [0.2, 0.25) is 0 Å². The second kappa shape index (κ2) is 9.31. The maximum atomic E-state index is 11.1. The normalized spacial score (nSPS) is 15.8. The van der Waals surface area contributed by atoms with Crippen LogP contribution in [0, 0.1) is 19.3 Å². The molecule has 0 unspecified atom stereocenters. The number of aliphatic hydroxyl groups is 1. The van der Waals surface area contributed by atoms with Gasteiger partial charge in [0.25, 0.3) is 5.89 Å². The number of carboxylic acid groups (broad SMARTS) is 1. The van der Waals surface area contributed by atoms with Crippen LogP contribution in [-0.2, 0) is 31.1 Å². The van der Waals surface area contributed by atoms with E-state index in [0.717, 1.165) is 47.2 Å². The van der Waals surface area contributed by atoms with Gasteiger partial charge in [-0.25, -0.2) is 0 Å². The summed E-state index contributed by atoms with van der Waals surface area (Å²) in [5.41, 5.74) is 7.61. The highest BCUT2D eigenvalue weighted by Gasteiger charge is 2.32. The summed E-state index contributed by atoms with van der Waals surface area (Å²) >= 11 is 0.